The lowest BCUT2D eigenvalue weighted by atomic mass is 10.3. The van der Waals surface area contributed by atoms with Gasteiger partial charge in [0.1, 0.15) is 16.5 Å². The summed E-state index contributed by atoms with van der Waals surface area (Å²) in [6, 6.07) is 1.42. The molecule has 0 radical (unpaired) electrons. The number of hydrogen-bond acceptors (Lipinski definition) is 4. The minimum Gasteiger partial charge on any atom is -0.250 e. The average Bonchev–Trinajstić information content (AvgIpc) is 2.71. The highest BCUT2D eigenvalue weighted by atomic mass is 79.9. The van der Waals surface area contributed by atoms with Crippen LogP contribution in [0.4, 0.5) is 8.78 Å². The third-order valence-corrected chi connectivity index (χ3v) is 5.61. The molecule has 1 aromatic heterocycles. The number of sulfonamides is 1. The van der Waals surface area contributed by atoms with Crippen molar-refractivity contribution < 1.29 is 17.2 Å². The topological polar surface area (TPSA) is 59.1 Å². The first-order valence-corrected chi connectivity index (χ1v) is 8.44. The van der Waals surface area contributed by atoms with E-state index < -0.39 is 26.6 Å². The molecule has 2 aromatic rings. The van der Waals surface area contributed by atoms with Crippen LogP contribution in [0.3, 0.4) is 0 Å². The van der Waals surface area contributed by atoms with Gasteiger partial charge in [-0.3, -0.25) is 0 Å². The molecule has 2 rings (SSSR count). The van der Waals surface area contributed by atoms with Gasteiger partial charge >= 0.3 is 0 Å². The fourth-order valence-electron chi connectivity index (χ4n) is 1.51. The Balaban J connectivity index is 2.27. The summed E-state index contributed by atoms with van der Waals surface area (Å²) >= 11 is 4.19. The number of halogens is 3. The van der Waals surface area contributed by atoms with E-state index in [0.29, 0.717) is 10.9 Å². The van der Waals surface area contributed by atoms with Crippen molar-refractivity contribution in [2.45, 2.75) is 18.4 Å². The van der Waals surface area contributed by atoms with Crippen LogP contribution in [0.15, 0.2) is 27.7 Å². The van der Waals surface area contributed by atoms with Crippen molar-refractivity contribution >= 4 is 37.3 Å². The number of thiazole rings is 1. The Bertz CT molecular complexity index is 724. The molecule has 0 atom stereocenters. The maximum Gasteiger partial charge on any atom is 0.244 e. The first-order valence-electron chi connectivity index (χ1n) is 5.35. The monoisotopic (exact) mass is 382 g/mol. The maximum atomic E-state index is 13.6. The van der Waals surface area contributed by atoms with Crippen molar-refractivity contribution in [2.75, 3.05) is 0 Å². The quantitative estimate of drug-likeness (QED) is 0.883. The molecule has 1 aromatic carbocycles. The minimum atomic E-state index is -4.09. The summed E-state index contributed by atoms with van der Waals surface area (Å²) in [5.74, 6) is -2.00. The van der Waals surface area contributed by atoms with Crippen LogP contribution < -0.4 is 4.72 Å². The molecule has 20 heavy (non-hydrogen) atoms. The predicted molar refractivity (Wildman–Crippen MR) is 74.9 cm³/mol. The van der Waals surface area contributed by atoms with E-state index in [9.17, 15) is 17.2 Å². The van der Waals surface area contributed by atoms with Crippen LogP contribution in [0.5, 0.6) is 0 Å². The molecule has 1 heterocycles. The zero-order valence-electron chi connectivity index (χ0n) is 10.2. The van der Waals surface area contributed by atoms with Crippen molar-refractivity contribution in [2.24, 2.45) is 0 Å². The molecule has 108 valence electrons. The Labute approximate surface area is 127 Å². The first-order chi connectivity index (χ1) is 9.29. The third kappa shape index (κ3) is 3.40. The molecule has 0 aliphatic rings. The molecule has 0 aliphatic carbocycles. The highest BCUT2D eigenvalue weighted by molar-refractivity contribution is 9.10. The molecule has 0 aliphatic heterocycles. The van der Waals surface area contributed by atoms with E-state index in [1.165, 1.54) is 11.3 Å². The predicted octanol–water partition coefficient (Wildman–Crippen LogP) is 2.97. The van der Waals surface area contributed by atoms with Gasteiger partial charge in [-0.05, 0) is 28.9 Å². The second-order valence-electron chi connectivity index (χ2n) is 3.87. The van der Waals surface area contributed by atoms with Gasteiger partial charge in [-0.2, -0.15) is 0 Å². The summed E-state index contributed by atoms with van der Waals surface area (Å²) in [5, 5.41) is 0.799. The maximum absolute atomic E-state index is 13.6. The van der Waals surface area contributed by atoms with E-state index in [0.717, 1.165) is 11.1 Å². The lowest BCUT2D eigenvalue weighted by Crippen LogP contribution is -2.24. The standard InChI is InChI=1S/C11H9BrF2N2O2S2/c1-6-15-4-8(19-6)5-16-20(17,18)11-9(12)2-7(13)3-10(11)14/h2-4,16H,5H2,1H3. The van der Waals surface area contributed by atoms with Crippen LogP contribution in [0.1, 0.15) is 9.88 Å². The fourth-order valence-corrected chi connectivity index (χ4v) is 4.51. The Morgan fingerprint density at radius 1 is 1.40 bits per heavy atom. The van der Waals surface area contributed by atoms with Crippen molar-refractivity contribution in [3.8, 4) is 0 Å². The van der Waals surface area contributed by atoms with E-state index >= 15 is 0 Å². The molecule has 0 saturated carbocycles. The summed E-state index contributed by atoms with van der Waals surface area (Å²) in [6.07, 6.45) is 1.54. The smallest absolute Gasteiger partial charge is 0.244 e. The normalized spacial score (nSPS) is 11.8. The Morgan fingerprint density at radius 2 is 2.10 bits per heavy atom. The van der Waals surface area contributed by atoms with Crippen LogP contribution in [0, 0.1) is 18.6 Å². The average molecular weight is 383 g/mol. The molecule has 1 N–H and O–H groups in total. The number of nitrogens with zero attached hydrogens (tertiary/aromatic N) is 1. The Hall–Kier alpha value is -0.900. The summed E-state index contributed by atoms with van der Waals surface area (Å²) in [5.41, 5.74) is 0. The summed E-state index contributed by atoms with van der Waals surface area (Å²) < 4.78 is 52.8. The summed E-state index contributed by atoms with van der Waals surface area (Å²) in [4.78, 5) is 4.08. The van der Waals surface area contributed by atoms with Crippen LogP contribution in [0.2, 0.25) is 0 Å². The van der Waals surface area contributed by atoms with E-state index in [4.69, 9.17) is 0 Å². The van der Waals surface area contributed by atoms with Crippen LogP contribution in [-0.2, 0) is 16.6 Å². The molecule has 0 unspecified atom stereocenters. The SMILES string of the molecule is Cc1ncc(CNS(=O)(=O)c2c(F)cc(F)cc2Br)s1. The van der Waals surface area contributed by atoms with E-state index in [1.807, 2.05) is 0 Å². The number of benzene rings is 1. The molecule has 0 amide bonds. The highest BCUT2D eigenvalue weighted by Crippen LogP contribution is 2.26. The van der Waals surface area contributed by atoms with Gasteiger partial charge in [0.2, 0.25) is 10.0 Å². The fraction of sp³-hybridized carbons (Fsp3) is 0.182. The minimum absolute atomic E-state index is 0.00288. The molecular weight excluding hydrogens is 374 g/mol. The van der Waals surface area contributed by atoms with Gasteiger partial charge in [-0.1, -0.05) is 0 Å². The van der Waals surface area contributed by atoms with Gasteiger partial charge in [-0.25, -0.2) is 26.9 Å². The van der Waals surface area contributed by atoms with Crippen LogP contribution in [0.25, 0.3) is 0 Å². The summed E-state index contributed by atoms with van der Waals surface area (Å²) in [7, 11) is -4.09. The molecule has 0 spiro atoms. The van der Waals surface area contributed by atoms with E-state index in [2.05, 4.69) is 25.6 Å². The number of hydrogen-bond donors (Lipinski definition) is 1. The van der Waals surface area contributed by atoms with Crippen molar-refractivity contribution in [1.29, 1.82) is 0 Å². The lowest BCUT2D eigenvalue weighted by molar-refractivity contribution is 0.540. The zero-order chi connectivity index (χ0) is 14.9. The number of nitrogens with one attached hydrogen (secondary N) is 1. The largest absolute Gasteiger partial charge is 0.250 e. The van der Waals surface area contributed by atoms with Gasteiger partial charge in [0, 0.05) is 28.2 Å². The van der Waals surface area contributed by atoms with Gasteiger partial charge < -0.3 is 0 Å². The number of aromatic nitrogens is 1. The highest BCUT2D eigenvalue weighted by Gasteiger charge is 2.23. The van der Waals surface area contributed by atoms with Gasteiger partial charge in [-0.15, -0.1) is 11.3 Å². The van der Waals surface area contributed by atoms with Gasteiger partial charge in [0.15, 0.2) is 0 Å². The Morgan fingerprint density at radius 3 is 2.65 bits per heavy atom. The molecule has 0 fully saturated rings. The number of aryl methyl sites for hydroxylation is 1. The van der Waals surface area contributed by atoms with Crippen molar-refractivity contribution in [3.05, 3.63) is 44.3 Å². The van der Waals surface area contributed by atoms with Crippen LogP contribution in [-0.4, -0.2) is 13.4 Å². The second kappa shape index (κ2) is 5.84. The second-order valence-corrected chi connectivity index (χ2v) is 7.75. The molecule has 0 saturated heterocycles. The summed E-state index contributed by atoms with van der Waals surface area (Å²) in [6.45, 7) is 1.79. The van der Waals surface area contributed by atoms with Crippen molar-refractivity contribution in [3.63, 3.8) is 0 Å². The molecule has 4 nitrogen and oxygen atoms in total. The van der Waals surface area contributed by atoms with Gasteiger partial charge in [0.25, 0.3) is 0 Å². The molecule has 0 bridgehead atoms. The van der Waals surface area contributed by atoms with Crippen LogP contribution >= 0.6 is 27.3 Å². The molecular formula is C11H9BrF2N2O2S2. The molecule has 9 heteroatoms. The van der Waals surface area contributed by atoms with Gasteiger partial charge in [0.05, 0.1) is 5.01 Å². The van der Waals surface area contributed by atoms with E-state index in [1.54, 1.807) is 13.1 Å². The third-order valence-electron chi connectivity index (χ3n) is 2.34. The lowest BCUT2D eigenvalue weighted by Gasteiger charge is -2.08. The Kier molecular flexibility index (Phi) is 4.52. The first kappa shape index (κ1) is 15.5. The zero-order valence-corrected chi connectivity index (χ0v) is 13.4. The van der Waals surface area contributed by atoms with Crippen molar-refractivity contribution in [1.82, 2.24) is 9.71 Å². The number of rotatable bonds is 4. The van der Waals surface area contributed by atoms with E-state index in [-0.39, 0.29) is 11.0 Å².